The third-order valence-corrected chi connectivity index (χ3v) is 6.15. The minimum Gasteiger partial charge on any atom is -0.459 e. The Labute approximate surface area is 222 Å². The van der Waals surface area contributed by atoms with Crippen LogP contribution in [0.3, 0.4) is 0 Å². The SMILES string of the molecule is CC(C)OC(=O)c1ccc(N(N)c2nn(C3(CC#N)CCN(C(=O)OC(C)(C)C)CC3)cc2C(N)=O)cc1. The zero-order valence-corrected chi connectivity index (χ0v) is 22.4. The van der Waals surface area contributed by atoms with Crippen LogP contribution in [0.25, 0.3) is 0 Å². The van der Waals surface area contributed by atoms with Crippen molar-refractivity contribution in [3.8, 4) is 6.07 Å². The number of esters is 1. The number of benzene rings is 1. The van der Waals surface area contributed by atoms with Crippen LogP contribution in [0.4, 0.5) is 16.3 Å². The van der Waals surface area contributed by atoms with Crippen molar-refractivity contribution < 1.29 is 23.9 Å². The highest BCUT2D eigenvalue weighted by atomic mass is 16.6. The Morgan fingerprint density at radius 3 is 2.29 bits per heavy atom. The third-order valence-electron chi connectivity index (χ3n) is 6.15. The molecule has 4 N–H and O–H groups in total. The number of ether oxygens (including phenoxy) is 2. The Hall–Kier alpha value is -4.11. The number of primary amides is 1. The number of nitrogens with two attached hydrogens (primary N) is 2. The van der Waals surface area contributed by atoms with E-state index in [0.717, 1.165) is 0 Å². The predicted molar refractivity (Wildman–Crippen MR) is 139 cm³/mol. The second-order valence-electron chi connectivity index (χ2n) is 10.6. The number of likely N-dealkylation sites (tertiary alicyclic amines) is 1. The molecule has 2 heterocycles. The highest BCUT2D eigenvalue weighted by Gasteiger charge is 2.40. The number of amides is 2. The molecule has 0 bridgehead atoms. The van der Waals surface area contributed by atoms with Gasteiger partial charge in [-0.2, -0.15) is 10.4 Å². The number of hydrogen-bond donors (Lipinski definition) is 2. The maximum Gasteiger partial charge on any atom is 0.410 e. The molecule has 204 valence electrons. The zero-order chi connectivity index (χ0) is 28.3. The number of piperidine rings is 1. The molecule has 1 saturated heterocycles. The van der Waals surface area contributed by atoms with E-state index in [1.165, 1.54) is 11.2 Å². The lowest BCUT2D eigenvalue weighted by molar-refractivity contribution is 0.0105. The maximum absolute atomic E-state index is 12.5. The van der Waals surface area contributed by atoms with Gasteiger partial charge in [0.05, 0.1) is 35.4 Å². The van der Waals surface area contributed by atoms with Crippen LogP contribution in [-0.2, 0) is 15.0 Å². The minimum atomic E-state index is -0.777. The third kappa shape index (κ3) is 6.41. The van der Waals surface area contributed by atoms with Crippen LogP contribution in [0.1, 0.15) is 74.6 Å². The van der Waals surface area contributed by atoms with Gasteiger partial charge < -0.3 is 20.1 Å². The monoisotopic (exact) mass is 525 g/mol. The van der Waals surface area contributed by atoms with Gasteiger partial charge in [0.15, 0.2) is 5.82 Å². The summed E-state index contributed by atoms with van der Waals surface area (Å²) in [7, 11) is 0. The molecular formula is C26H35N7O5. The van der Waals surface area contributed by atoms with Gasteiger partial charge in [-0.3, -0.25) is 14.5 Å². The van der Waals surface area contributed by atoms with Gasteiger partial charge in [0, 0.05) is 19.3 Å². The van der Waals surface area contributed by atoms with Crippen molar-refractivity contribution in [2.75, 3.05) is 18.1 Å². The van der Waals surface area contributed by atoms with Crippen molar-refractivity contribution in [1.29, 1.82) is 5.26 Å². The van der Waals surface area contributed by atoms with Crippen molar-refractivity contribution in [3.05, 3.63) is 41.6 Å². The van der Waals surface area contributed by atoms with Crippen LogP contribution in [0.5, 0.6) is 0 Å². The standard InChI is InChI=1S/C26H35N7O5/c1-17(2)37-23(35)18-6-8-19(9-7-18)33(29)22-20(21(28)34)16-32(30-22)26(10-13-27)11-14-31(15-12-26)24(36)38-25(3,4)5/h6-9,16-17H,10-12,14-15,29H2,1-5H3,(H2,28,34). The van der Waals surface area contributed by atoms with Crippen LogP contribution < -0.4 is 16.6 Å². The van der Waals surface area contributed by atoms with Crippen molar-refractivity contribution in [3.63, 3.8) is 0 Å². The first-order chi connectivity index (χ1) is 17.8. The number of aromatic nitrogens is 2. The fourth-order valence-electron chi connectivity index (χ4n) is 4.19. The summed E-state index contributed by atoms with van der Waals surface area (Å²) in [5.41, 5.74) is 5.12. The predicted octanol–water partition coefficient (Wildman–Crippen LogP) is 3.20. The van der Waals surface area contributed by atoms with Crippen LogP contribution in [-0.4, -0.2) is 57.4 Å². The summed E-state index contributed by atoms with van der Waals surface area (Å²) in [5.74, 6) is 5.24. The number of rotatable bonds is 7. The van der Waals surface area contributed by atoms with E-state index in [1.54, 1.807) is 68.5 Å². The van der Waals surface area contributed by atoms with Crippen LogP contribution in [0.2, 0.25) is 0 Å². The molecule has 12 nitrogen and oxygen atoms in total. The summed E-state index contributed by atoms with van der Waals surface area (Å²) < 4.78 is 12.2. The molecule has 1 aromatic carbocycles. The summed E-state index contributed by atoms with van der Waals surface area (Å²) in [4.78, 5) is 38.6. The summed E-state index contributed by atoms with van der Waals surface area (Å²) in [5, 5.41) is 15.4. The van der Waals surface area contributed by atoms with Gasteiger partial charge in [-0.25, -0.2) is 15.4 Å². The van der Waals surface area contributed by atoms with E-state index in [-0.39, 0.29) is 23.9 Å². The first-order valence-corrected chi connectivity index (χ1v) is 12.4. The molecule has 0 saturated carbocycles. The van der Waals surface area contributed by atoms with Crippen molar-refractivity contribution >= 4 is 29.5 Å². The fraction of sp³-hybridized carbons (Fsp3) is 0.500. The molecule has 0 spiro atoms. The second-order valence-corrected chi connectivity index (χ2v) is 10.6. The van der Waals surface area contributed by atoms with Gasteiger partial charge in [-0.1, -0.05) is 0 Å². The Morgan fingerprint density at radius 2 is 1.79 bits per heavy atom. The largest absolute Gasteiger partial charge is 0.459 e. The number of nitrogens with zero attached hydrogens (tertiary/aromatic N) is 5. The molecule has 1 fully saturated rings. The van der Waals surface area contributed by atoms with E-state index < -0.39 is 29.1 Å². The Kier molecular flexibility index (Phi) is 8.31. The van der Waals surface area contributed by atoms with E-state index in [1.807, 2.05) is 0 Å². The van der Waals surface area contributed by atoms with E-state index in [2.05, 4.69) is 11.2 Å². The molecular weight excluding hydrogens is 490 g/mol. The molecule has 1 aliphatic rings. The summed E-state index contributed by atoms with van der Waals surface area (Å²) >= 11 is 0. The van der Waals surface area contributed by atoms with E-state index in [9.17, 15) is 19.6 Å². The lowest BCUT2D eigenvalue weighted by Gasteiger charge is -2.41. The van der Waals surface area contributed by atoms with Crippen molar-refractivity contribution in [1.82, 2.24) is 14.7 Å². The first-order valence-electron chi connectivity index (χ1n) is 12.4. The molecule has 1 aromatic heterocycles. The number of nitriles is 1. The Balaban J connectivity index is 1.88. The molecule has 0 radical (unpaired) electrons. The summed E-state index contributed by atoms with van der Waals surface area (Å²) in [6.07, 6.45) is 1.74. The number of hydrogen-bond acceptors (Lipinski definition) is 9. The maximum atomic E-state index is 12.5. The topological polar surface area (TPSA) is 170 Å². The van der Waals surface area contributed by atoms with Gasteiger partial charge in [-0.05, 0) is 71.7 Å². The van der Waals surface area contributed by atoms with Gasteiger partial charge in [-0.15, -0.1) is 0 Å². The van der Waals surface area contributed by atoms with Crippen LogP contribution in [0.15, 0.2) is 30.5 Å². The van der Waals surface area contributed by atoms with E-state index in [0.29, 0.717) is 37.2 Å². The molecule has 1 aliphatic heterocycles. The molecule has 3 rings (SSSR count). The van der Waals surface area contributed by atoms with Crippen molar-refractivity contribution in [2.24, 2.45) is 11.6 Å². The first kappa shape index (κ1) is 28.5. The molecule has 0 aliphatic carbocycles. The molecule has 2 amide bonds. The average Bonchev–Trinajstić information content (AvgIpc) is 3.29. The van der Waals surface area contributed by atoms with Crippen LogP contribution >= 0.6 is 0 Å². The quantitative estimate of drug-likeness (QED) is 0.313. The summed E-state index contributed by atoms with van der Waals surface area (Å²) in [6, 6.07) is 8.53. The van der Waals surface area contributed by atoms with Gasteiger partial charge >= 0.3 is 12.1 Å². The van der Waals surface area contributed by atoms with E-state index >= 15 is 0 Å². The zero-order valence-electron chi connectivity index (χ0n) is 22.4. The Bertz CT molecular complexity index is 1220. The number of anilines is 2. The van der Waals surface area contributed by atoms with Crippen molar-refractivity contribution in [2.45, 2.75) is 71.1 Å². The highest BCUT2D eigenvalue weighted by molar-refractivity contribution is 5.98. The number of hydrazine groups is 1. The molecule has 0 unspecified atom stereocenters. The Morgan fingerprint density at radius 1 is 1.18 bits per heavy atom. The summed E-state index contributed by atoms with van der Waals surface area (Å²) in [6.45, 7) is 9.61. The number of carbonyl (C=O) groups is 3. The minimum absolute atomic E-state index is 0.0719. The van der Waals surface area contributed by atoms with Gasteiger partial charge in [0.2, 0.25) is 0 Å². The molecule has 12 heteroatoms. The smallest absolute Gasteiger partial charge is 0.410 e. The number of carbonyl (C=O) groups excluding carboxylic acids is 3. The van der Waals surface area contributed by atoms with Crippen LogP contribution in [0, 0.1) is 11.3 Å². The van der Waals surface area contributed by atoms with Gasteiger partial charge in [0.25, 0.3) is 5.91 Å². The lowest BCUT2D eigenvalue weighted by atomic mass is 9.85. The van der Waals surface area contributed by atoms with E-state index in [4.69, 9.17) is 21.1 Å². The molecule has 0 atom stereocenters. The molecule has 2 aromatic rings. The van der Waals surface area contributed by atoms with Gasteiger partial charge in [0.1, 0.15) is 11.2 Å². The molecule has 38 heavy (non-hydrogen) atoms. The fourth-order valence-corrected chi connectivity index (χ4v) is 4.19. The normalized spacial score (nSPS) is 15.1. The highest BCUT2D eigenvalue weighted by Crippen LogP contribution is 2.36. The lowest BCUT2D eigenvalue weighted by Crippen LogP contribution is -2.49. The average molecular weight is 526 g/mol. The second kappa shape index (κ2) is 11.1.